The van der Waals surface area contributed by atoms with E-state index in [0.717, 1.165) is 12.8 Å². The maximum Gasteiger partial charge on any atom is 0.00599 e. The van der Waals surface area contributed by atoms with Gasteiger partial charge in [0.25, 0.3) is 0 Å². The van der Waals surface area contributed by atoms with Gasteiger partial charge in [-0.3, -0.25) is 0 Å². The zero-order chi connectivity index (χ0) is 14.5. The van der Waals surface area contributed by atoms with Gasteiger partial charge in [0.05, 0.1) is 0 Å². The normalized spacial score (nSPS) is 25.1. The van der Waals surface area contributed by atoms with E-state index in [-0.39, 0.29) is 0 Å². The zero-order valence-corrected chi connectivity index (χ0v) is 12.8. The first-order valence-corrected chi connectivity index (χ1v) is 8.43. The molecule has 22 heavy (non-hydrogen) atoms. The van der Waals surface area contributed by atoms with Crippen LogP contribution < -0.4 is 0 Å². The van der Waals surface area contributed by atoms with Crippen LogP contribution in [0.2, 0.25) is 0 Å². The van der Waals surface area contributed by atoms with Crippen molar-refractivity contribution in [1.82, 2.24) is 0 Å². The van der Waals surface area contributed by atoms with Gasteiger partial charge in [0.15, 0.2) is 0 Å². The lowest BCUT2D eigenvalue weighted by Crippen LogP contribution is -2.33. The van der Waals surface area contributed by atoms with E-state index in [1.165, 1.54) is 24.0 Å². The molecule has 0 radical (unpaired) electrons. The smallest absolute Gasteiger partial charge is 0.00599 e. The van der Waals surface area contributed by atoms with Gasteiger partial charge >= 0.3 is 0 Å². The van der Waals surface area contributed by atoms with E-state index in [1.54, 1.807) is 22.3 Å². The fourth-order valence-corrected chi connectivity index (χ4v) is 4.62. The third kappa shape index (κ3) is 1.76. The summed E-state index contributed by atoms with van der Waals surface area (Å²) in [5.74, 6) is 1.37. The molecule has 0 atom stereocenters. The van der Waals surface area contributed by atoms with Crippen molar-refractivity contribution in [3.8, 4) is 0 Å². The summed E-state index contributed by atoms with van der Waals surface area (Å²) >= 11 is 0. The molecule has 2 aromatic rings. The second-order valence-corrected chi connectivity index (χ2v) is 6.87. The molecule has 3 aliphatic carbocycles. The van der Waals surface area contributed by atoms with Crippen molar-refractivity contribution in [2.24, 2.45) is 11.8 Å². The van der Waals surface area contributed by atoms with Gasteiger partial charge in [0.1, 0.15) is 0 Å². The first kappa shape index (κ1) is 12.5. The van der Waals surface area contributed by atoms with Crippen molar-refractivity contribution in [3.63, 3.8) is 0 Å². The summed E-state index contributed by atoms with van der Waals surface area (Å²) in [5.41, 5.74) is 9.58. The Bertz CT molecular complexity index is 725. The largest absolute Gasteiger partial charge is 0.0797 e. The lowest BCUT2D eigenvalue weighted by molar-refractivity contribution is 0.447. The quantitative estimate of drug-likeness (QED) is 0.616. The highest BCUT2D eigenvalue weighted by molar-refractivity contribution is 5.50. The molecule has 1 saturated carbocycles. The van der Waals surface area contributed by atoms with E-state index >= 15 is 0 Å². The molecule has 0 nitrogen and oxygen atoms in total. The highest BCUT2D eigenvalue weighted by atomic mass is 14.5. The Kier molecular flexibility index (Phi) is 2.67. The SMILES string of the molecule is C1=C2C(Cc3ccccc3C1)C1=CCc3ccccc3CC21. The van der Waals surface area contributed by atoms with Crippen LogP contribution in [0.3, 0.4) is 0 Å². The summed E-state index contributed by atoms with van der Waals surface area (Å²) in [6.45, 7) is 0. The topological polar surface area (TPSA) is 0 Å². The Hall–Kier alpha value is -2.08. The molecule has 1 fully saturated rings. The molecule has 0 spiro atoms. The van der Waals surface area contributed by atoms with Gasteiger partial charge in [-0.1, -0.05) is 71.8 Å². The van der Waals surface area contributed by atoms with Crippen LogP contribution in [0.25, 0.3) is 0 Å². The van der Waals surface area contributed by atoms with Crippen molar-refractivity contribution < 1.29 is 0 Å². The molecule has 0 heterocycles. The van der Waals surface area contributed by atoms with Crippen molar-refractivity contribution in [3.05, 3.63) is 94.1 Å². The molecule has 0 saturated heterocycles. The molecule has 3 aliphatic rings. The lowest BCUT2D eigenvalue weighted by atomic mass is 9.62. The Morgan fingerprint density at radius 3 is 1.41 bits per heavy atom. The first-order valence-electron chi connectivity index (χ1n) is 8.43. The van der Waals surface area contributed by atoms with E-state index in [4.69, 9.17) is 0 Å². The van der Waals surface area contributed by atoms with Crippen LogP contribution >= 0.6 is 0 Å². The summed E-state index contributed by atoms with van der Waals surface area (Å²) in [5, 5.41) is 0. The average Bonchev–Trinajstić information content (AvgIpc) is 2.81. The molecule has 108 valence electrons. The fourth-order valence-electron chi connectivity index (χ4n) is 4.62. The number of rotatable bonds is 0. The Morgan fingerprint density at radius 2 is 0.955 bits per heavy atom. The summed E-state index contributed by atoms with van der Waals surface area (Å²) in [6, 6.07) is 18.0. The van der Waals surface area contributed by atoms with Crippen molar-refractivity contribution in [2.75, 3.05) is 0 Å². The third-order valence-electron chi connectivity index (χ3n) is 5.81. The Labute approximate surface area is 132 Å². The first-order chi connectivity index (χ1) is 10.9. The van der Waals surface area contributed by atoms with Gasteiger partial charge < -0.3 is 0 Å². The number of hydrogen-bond donors (Lipinski definition) is 0. The van der Waals surface area contributed by atoms with Crippen molar-refractivity contribution in [1.29, 1.82) is 0 Å². The summed E-state index contributed by atoms with van der Waals surface area (Å²) in [6.07, 6.45) is 9.72. The van der Waals surface area contributed by atoms with Gasteiger partial charge in [-0.05, 0) is 47.9 Å². The molecule has 0 aromatic heterocycles. The average molecular weight is 284 g/mol. The molecule has 0 amide bonds. The van der Waals surface area contributed by atoms with Crippen LogP contribution in [0.5, 0.6) is 0 Å². The molecule has 0 aliphatic heterocycles. The van der Waals surface area contributed by atoms with Crippen LogP contribution in [0, 0.1) is 11.8 Å². The monoisotopic (exact) mass is 284 g/mol. The molecular formula is C22H20. The molecule has 2 aromatic carbocycles. The number of allylic oxidation sites excluding steroid dienone is 4. The van der Waals surface area contributed by atoms with Crippen LogP contribution in [0.1, 0.15) is 22.3 Å². The summed E-state index contributed by atoms with van der Waals surface area (Å²) < 4.78 is 0. The van der Waals surface area contributed by atoms with E-state index in [0.29, 0.717) is 11.8 Å². The number of fused-ring (bicyclic) bond motifs is 6. The maximum absolute atomic E-state index is 2.53. The van der Waals surface area contributed by atoms with E-state index in [1.807, 2.05) is 0 Å². The van der Waals surface area contributed by atoms with E-state index < -0.39 is 0 Å². The summed E-state index contributed by atoms with van der Waals surface area (Å²) in [4.78, 5) is 0. The van der Waals surface area contributed by atoms with Gasteiger partial charge in [-0.15, -0.1) is 0 Å². The van der Waals surface area contributed by atoms with Crippen LogP contribution in [-0.2, 0) is 25.7 Å². The molecule has 5 rings (SSSR count). The van der Waals surface area contributed by atoms with Gasteiger partial charge in [0, 0.05) is 11.8 Å². The molecular weight excluding hydrogens is 264 g/mol. The Morgan fingerprint density at radius 1 is 0.545 bits per heavy atom. The Balaban J connectivity index is 1.54. The van der Waals surface area contributed by atoms with Gasteiger partial charge in [-0.25, -0.2) is 0 Å². The minimum atomic E-state index is 0.683. The van der Waals surface area contributed by atoms with Gasteiger partial charge in [-0.2, -0.15) is 0 Å². The van der Waals surface area contributed by atoms with Crippen molar-refractivity contribution in [2.45, 2.75) is 25.7 Å². The van der Waals surface area contributed by atoms with Crippen LogP contribution in [0.4, 0.5) is 0 Å². The van der Waals surface area contributed by atoms with E-state index in [2.05, 4.69) is 60.7 Å². The molecule has 0 bridgehead atoms. The highest BCUT2D eigenvalue weighted by Crippen LogP contribution is 2.51. The highest BCUT2D eigenvalue weighted by Gasteiger charge is 2.41. The molecule has 0 N–H and O–H groups in total. The molecule has 0 heteroatoms. The second-order valence-electron chi connectivity index (χ2n) is 6.87. The van der Waals surface area contributed by atoms with Gasteiger partial charge in [0.2, 0.25) is 0 Å². The summed E-state index contributed by atoms with van der Waals surface area (Å²) in [7, 11) is 0. The molecule has 0 unspecified atom stereocenters. The minimum absolute atomic E-state index is 0.683. The third-order valence-corrected chi connectivity index (χ3v) is 5.81. The maximum atomic E-state index is 2.53. The van der Waals surface area contributed by atoms with E-state index in [9.17, 15) is 0 Å². The lowest BCUT2D eigenvalue weighted by Gasteiger charge is -2.42. The number of benzene rings is 2. The standard InChI is InChI=1S/C22H20/c1-3-7-17-13-21-19(11-9-15(17)5-1)22-14-18-8-4-2-6-16(18)10-12-20(21)22/h1-8,11-12,21-22H,9-10,13-14H2. The zero-order valence-electron chi connectivity index (χ0n) is 12.8. The van der Waals surface area contributed by atoms with Crippen molar-refractivity contribution >= 4 is 0 Å². The fraction of sp³-hybridized carbons (Fsp3) is 0.273. The number of hydrogen-bond acceptors (Lipinski definition) is 0. The minimum Gasteiger partial charge on any atom is -0.0797 e. The second kappa shape index (κ2) is 4.71. The predicted molar refractivity (Wildman–Crippen MR) is 90.8 cm³/mol. The van der Waals surface area contributed by atoms with Crippen LogP contribution in [-0.4, -0.2) is 0 Å². The van der Waals surface area contributed by atoms with Crippen LogP contribution in [0.15, 0.2) is 71.8 Å². The predicted octanol–water partition coefficient (Wildman–Crippen LogP) is 4.68.